The van der Waals surface area contributed by atoms with Gasteiger partial charge in [0.05, 0.1) is 12.6 Å². The zero-order chi connectivity index (χ0) is 18.6. The second-order valence-corrected chi connectivity index (χ2v) is 6.89. The summed E-state index contributed by atoms with van der Waals surface area (Å²) in [6.45, 7) is 0.758. The highest BCUT2D eigenvalue weighted by molar-refractivity contribution is 6.29. The summed E-state index contributed by atoms with van der Waals surface area (Å²) in [7, 11) is 0. The number of nitrogens with one attached hydrogen (secondary N) is 1. The van der Waals surface area contributed by atoms with E-state index in [4.69, 9.17) is 16.3 Å². The molecule has 1 amide bonds. The van der Waals surface area contributed by atoms with E-state index in [1.165, 1.54) is 11.8 Å². The molecule has 0 bridgehead atoms. The van der Waals surface area contributed by atoms with Gasteiger partial charge in [-0.25, -0.2) is 4.98 Å². The Kier molecular flexibility index (Phi) is 5.07. The number of ether oxygens (including phenoxy) is 1. The lowest BCUT2D eigenvalue weighted by molar-refractivity contribution is 0.0943. The van der Waals surface area contributed by atoms with Crippen LogP contribution < -0.4 is 10.1 Å². The number of rotatable bonds is 4. The molecule has 136 valence electrons. The minimum Gasteiger partial charge on any atom is -0.493 e. The van der Waals surface area contributed by atoms with Crippen LogP contribution in [0.1, 0.15) is 39.5 Å². The molecule has 2 aromatic carbocycles. The van der Waals surface area contributed by atoms with Crippen LogP contribution in [0, 0.1) is 0 Å². The summed E-state index contributed by atoms with van der Waals surface area (Å²) in [6, 6.07) is 19.0. The Morgan fingerprint density at radius 2 is 1.93 bits per heavy atom. The van der Waals surface area contributed by atoms with Crippen molar-refractivity contribution in [2.75, 3.05) is 6.61 Å². The molecule has 0 saturated heterocycles. The van der Waals surface area contributed by atoms with Crippen LogP contribution in [-0.2, 0) is 6.42 Å². The van der Waals surface area contributed by atoms with Gasteiger partial charge in [-0.1, -0.05) is 48.0 Å². The molecule has 4 rings (SSSR count). The third kappa shape index (κ3) is 3.96. The van der Waals surface area contributed by atoms with Crippen LogP contribution in [0.2, 0.25) is 5.15 Å². The summed E-state index contributed by atoms with van der Waals surface area (Å²) in [4.78, 5) is 16.8. The van der Waals surface area contributed by atoms with Crippen LogP contribution >= 0.6 is 11.6 Å². The van der Waals surface area contributed by atoms with Crippen molar-refractivity contribution in [1.82, 2.24) is 10.3 Å². The van der Waals surface area contributed by atoms with Gasteiger partial charge in [0.2, 0.25) is 0 Å². The van der Waals surface area contributed by atoms with E-state index in [2.05, 4.69) is 16.4 Å². The number of amides is 1. The Labute approximate surface area is 163 Å². The molecule has 1 aliphatic rings. The second-order valence-electron chi connectivity index (χ2n) is 6.50. The molecule has 0 saturated carbocycles. The fourth-order valence-electron chi connectivity index (χ4n) is 3.32. The Balaban J connectivity index is 1.69. The van der Waals surface area contributed by atoms with Gasteiger partial charge in [0.15, 0.2) is 0 Å². The van der Waals surface area contributed by atoms with Crippen molar-refractivity contribution in [2.24, 2.45) is 0 Å². The van der Waals surface area contributed by atoms with Crippen molar-refractivity contribution in [2.45, 2.75) is 18.9 Å². The number of hydrogen-bond acceptors (Lipinski definition) is 3. The first-order chi connectivity index (χ1) is 13.2. The van der Waals surface area contributed by atoms with E-state index < -0.39 is 0 Å². The number of carbonyl (C=O) groups excluding carboxylic acids is 1. The Bertz CT molecular complexity index is 960. The van der Waals surface area contributed by atoms with Gasteiger partial charge in [-0.05, 0) is 53.8 Å². The highest BCUT2D eigenvalue weighted by atomic mass is 35.5. The van der Waals surface area contributed by atoms with E-state index in [0.29, 0.717) is 10.7 Å². The zero-order valence-electron chi connectivity index (χ0n) is 14.7. The van der Waals surface area contributed by atoms with Gasteiger partial charge in [-0.2, -0.15) is 0 Å². The largest absolute Gasteiger partial charge is 0.493 e. The van der Waals surface area contributed by atoms with Gasteiger partial charge < -0.3 is 10.1 Å². The van der Waals surface area contributed by atoms with Crippen LogP contribution in [0.4, 0.5) is 0 Å². The fraction of sp³-hybridized carbons (Fsp3) is 0.182. The highest BCUT2D eigenvalue weighted by Crippen LogP contribution is 2.30. The van der Waals surface area contributed by atoms with Gasteiger partial charge in [0.1, 0.15) is 10.9 Å². The number of aromatic nitrogens is 1. The molecule has 0 radical (unpaired) electrons. The molecule has 2 heterocycles. The molecule has 1 N–H and O–H groups in total. The number of nitrogens with zero attached hydrogens (tertiary/aromatic N) is 1. The summed E-state index contributed by atoms with van der Waals surface area (Å²) in [5, 5.41) is 3.43. The SMILES string of the molecule is O=C(N[C@H](c1ccccc1)c1ccc2c(c1)CCCO2)c1ccnc(Cl)c1. The molecule has 3 aromatic rings. The zero-order valence-corrected chi connectivity index (χ0v) is 15.4. The average molecular weight is 379 g/mol. The molecule has 27 heavy (non-hydrogen) atoms. The van der Waals surface area contributed by atoms with Crippen molar-refractivity contribution in [1.29, 1.82) is 0 Å². The molecule has 1 aliphatic heterocycles. The summed E-state index contributed by atoms with van der Waals surface area (Å²) < 4.78 is 5.72. The lowest BCUT2D eigenvalue weighted by Gasteiger charge is -2.23. The number of halogens is 1. The van der Waals surface area contributed by atoms with Gasteiger partial charge in [0.25, 0.3) is 5.91 Å². The summed E-state index contributed by atoms with van der Waals surface area (Å²) in [5.74, 6) is 0.742. The molecular weight excluding hydrogens is 360 g/mol. The van der Waals surface area contributed by atoms with Gasteiger partial charge in [0, 0.05) is 11.8 Å². The lowest BCUT2D eigenvalue weighted by atomic mass is 9.94. The summed E-state index contributed by atoms with van der Waals surface area (Å²) >= 11 is 5.93. The predicted octanol–water partition coefficient (Wildman–Crippen LogP) is 4.58. The lowest BCUT2D eigenvalue weighted by Crippen LogP contribution is -2.29. The molecular formula is C22H19ClN2O2. The van der Waals surface area contributed by atoms with E-state index in [0.717, 1.165) is 36.3 Å². The number of hydrogen-bond donors (Lipinski definition) is 1. The number of aryl methyl sites for hydroxylation is 1. The van der Waals surface area contributed by atoms with Crippen molar-refractivity contribution in [3.63, 3.8) is 0 Å². The standard InChI is InChI=1S/C22H19ClN2O2/c23-20-14-18(10-11-24-20)22(26)25-21(15-5-2-1-3-6-15)17-8-9-19-16(13-17)7-4-12-27-19/h1-3,5-6,8-11,13-14,21H,4,7,12H2,(H,25,26)/t21-/m1/s1. The highest BCUT2D eigenvalue weighted by Gasteiger charge is 2.20. The molecule has 0 spiro atoms. The normalized spacial score (nSPS) is 14.0. The van der Waals surface area contributed by atoms with Crippen molar-refractivity contribution in [3.8, 4) is 5.75 Å². The van der Waals surface area contributed by atoms with E-state index >= 15 is 0 Å². The Morgan fingerprint density at radius 3 is 2.74 bits per heavy atom. The topological polar surface area (TPSA) is 51.2 Å². The van der Waals surface area contributed by atoms with E-state index in [-0.39, 0.29) is 11.9 Å². The minimum absolute atomic E-state index is 0.192. The van der Waals surface area contributed by atoms with E-state index in [1.807, 2.05) is 42.5 Å². The maximum atomic E-state index is 12.8. The first-order valence-electron chi connectivity index (χ1n) is 8.94. The van der Waals surface area contributed by atoms with E-state index in [1.54, 1.807) is 12.1 Å². The van der Waals surface area contributed by atoms with Gasteiger partial charge in [-0.15, -0.1) is 0 Å². The first kappa shape index (κ1) is 17.6. The third-order valence-electron chi connectivity index (χ3n) is 4.66. The quantitative estimate of drug-likeness (QED) is 0.676. The smallest absolute Gasteiger partial charge is 0.252 e. The fourth-order valence-corrected chi connectivity index (χ4v) is 3.50. The maximum Gasteiger partial charge on any atom is 0.252 e. The van der Waals surface area contributed by atoms with Crippen molar-refractivity contribution in [3.05, 3.63) is 94.3 Å². The van der Waals surface area contributed by atoms with Crippen LogP contribution in [0.5, 0.6) is 5.75 Å². The predicted molar refractivity (Wildman–Crippen MR) is 105 cm³/mol. The van der Waals surface area contributed by atoms with Crippen LogP contribution in [0.3, 0.4) is 0 Å². The second kappa shape index (κ2) is 7.80. The number of pyridine rings is 1. The average Bonchev–Trinajstić information content (AvgIpc) is 2.72. The molecule has 5 heteroatoms. The van der Waals surface area contributed by atoms with Gasteiger partial charge in [-0.3, -0.25) is 4.79 Å². The third-order valence-corrected chi connectivity index (χ3v) is 4.87. The maximum absolute atomic E-state index is 12.8. The van der Waals surface area contributed by atoms with Crippen LogP contribution in [-0.4, -0.2) is 17.5 Å². The minimum atomic E-state index is -0.266. The monoisotopic (exact) mass is 378 g/mol. The summed E-state index contributed by atoms with van der Waals surface area (Å²) in [5.41, 5.74) is 3.71. The van der Waals surface area contributed by atoms with Crippen LogP contribution in [0.15, 0.2) is 66.9 Å². The number of benzene rings is 2. The number of carbonyl (C=O) groups is 1. The van der Waals surface area contributed by atoms with E-state index in [9.17, 15) is 4.79 Å². The van der Waals surface area contributed by atoms with Crippen molar-refractivity contribution >= 4 is 17.5 Å². The molecule has 4 nitrogen and oxygen atoms in total. The Morgan fingerprint density at radius 1 is 1.07 bits per heavy atom. The van der Waals surface area contributed by atoms with Crippen LogP contribution in [0.25, 0.3) is 0 Å². The molecule has 0 unspecified atom stereocenters. The molecule has 0 aliphatic carbocycles. The number of fused-ring (bicyclic) bond motifs is 1. The molecule has 1 aromatic heterocycles. The Hall–Kier alpha value is -2.85. The van der Waals surface area contributed by atoms with Crippen molar-refractivity contribution < 1.29 is 9.53 Å². The van der Waals surface area contributed by atoms with Gasteiger partial charge >= 0.3 is 0 Å². The molecule has 0 fully saturated rings. The first-order valence-corrected chi connectivity index (χ1v) is 9.31. The summed E-state index contributed by atoms with van der Waals surface area (Å²) in [6.07, 6.45) is 3.53. The molecule has 1 atom stereocenters.